The molecule has 1 aromatic heterocycles. The van der Waals surface area contributed by atoms with Crippen molar-refractivity contribution in [1.82, 2.24) is 15.6 Å². The summed E-state index contributed by atoms with van der Waals surface area (Å²) in [5, 5.41) is 9.81. The first-order valence-electron chi connectivity index (χ1n) is 7.31. The molecule has 1 atom stereocenters. The fourth-order valence-electron chi connectivity index (χ4n) is 3.12. The van der Waals surface area contributed by atoms with Gasteiger partial charge in [0.25, 0.3) is 0 Å². The number of rotatable bonds is 4. The minimum absolute atomic E-state index is 0. The Labute approximate surface area is 152 Å². The highest BCUT2D eigenvalue weighted by Crippen LogP contribution is 2.39. The topological polar surface area (TPSA) is 54.0 Å². The van der Waals surface area contributed by atoms with Gasteiger partial charge in [-0.3, -0.25) is 4.79 Å². The van der Waals surface area contributed by atoms with Gasteiger partial charge in [-0.15, -0.1) is 36.2 Å². The lowest BCUT2D eigenvalue weighted by atomic mass is 9.98. The van der Waals surface area contributed by atoms with E-state index in [1.54, 1.807) is 11.3 Å². The van der Waals surface area contributed by atoms with E-state index in [4.69, 9.17) is 0 Å². The van der Waals surface area contributed by atoms with Crippen molar-refractivity contribution in [2.45, 2.75) is 43.7 Å². The average molecular weight is 384 g/mol. The number of amides is 1. The van der Waals surface area contributed by atoms with E-state index in [0.29, 0.717) is 12.5 Å². The molecule has 4 nitrogen and oxygen atoms in total. The maximum absolute atomic E-state index is 12.4. The first kappa shape index (κ1) is 20.0. The summed E-state index contributed by atoms with van der Waals surface area (Å²) in [6.07, 6.45) is 6.83. The van der Waals surface area contributed by atoms with Crippen LogP contribution in [0.2, 0.25) is 0 Å². The Hall–Kier alpha value is -0.0100. The van der Waals surface area contributed by atoms with Crippen LogP contribution in [0.4, 0.5) is 0 Å². The largest absolute Gasteiger partial charge is 0.344 e. The molecular formula is C14H23Cl2N3OS2. The van der Waals surface area contributed by atoms with Crippen LogP contribution < -0.4 is 10.6 Å². The second-order valence-electron chi connectivity index (χ2n) is 5.60. The van der Waals surface area contributed by atoms with Gasteiger partial charge in [0.1, 0.15) is 5.01 Å². The Bertz CT molecular complexity index is 447. The third kappa shape index (κ3) is 4.74. The number of nitrogens with one attached hydrogen (secondary N) is 2. The molecule has 1 aliphatic heterocycles. The van der Waals surface area contributed by atoms with E-state index in [-0.39, 0.29) is 36.3 Å². The highest BCUT2D eigenvalue weighted by molar-refractivity contribution is 7.99. The third-order valence-corrected chi connectivity index (χ3v) is 6.22. The number of thiazole rings is 1. The second kappa shape index (κ2) is 9.33. The van der Waals surface area contributed by atoms with Crippen LogP contribution in [-0.4, -0.2) is 35.0 Å². The molecule has 2 fully saturated rings. The van der Waals surface area contributed by atoms with Gasteiger partial charge in [-0.1, -0.05) is 12.8 Å². The molecule has 0 bridgehead atoms. The van der Waals surface area contributed by atoms with E-state index in [2.05, 4.69) is 15.6 Å². The molecule has 0 aromatic carbocycles. The summed E-state index contributed by atoms with van der Waals surface area (Å²) in [6.45, 7) is 1.01. The summed E-state index contributed by atoms with van der Waals surface area (Å²) in [4.78, 5) is 16.8. The predicted molar refractivity (Wildman–Crippen MR) is 98.6 cm³/mol. The minimum atomic E-state index is -0.187. The summed E-state index contributed by atoms with van der Waals surface area (Å²) >= 11 is 3.59. The van der Waals surface area contributed by atoms with Gasteiger partial charge < -0.3 is 10.6 Å². The van der Waals surface area contributed by atoms with Crippen LogP contribution in [0.5, 0.6) is 0 Å². The molecule has 1 amide bonds. The molecular weight excluding hydrogens is 361 g/mol. The summed E-state index contributed by atoms with van der Waals surface area (Å²) < 4.78 is 0. The van der Waals surface area contributed by atoms with Crippen LogP contribution >= 0.6 is 47.9 Å². The molecule has 1 saturated carbocycles. The number of hydrogen-bond acceptors (Lipinski definition) is 5. The standard InChI is InChI=1S/C14H21N3OS2.2ClH/c18-12(9-11-10-19-7-5-15-11)17-14(3-1-2-4-14)13-16-6-8-20-13;;/h6,8,11,15H,1-5,7,9-10H2,(H,17,18);2*1H. The lowest BCUT2D eigenvalue weighted by molar-refractivity contribution is -0.123. The van der Waals surface area contributed by atoms with Crippen molar-refractivity contribution >= 4 is 53.8 Å². The zero-order valence-electron chi connectivity index (χ0n) is 12.4. The molecule has 22 heavy (non-hydrogen) atoms. The van der Waals surface area contributed by atoms with Crippen LogP contribution in [0, 0.1) is 0 Å². The molecule has 2 aliphatic rings. The monoisotopic (exact) mass is 383 g/mol. The van der Waals surface area contributed by atoms with Crippen molar-refractivity contribution in [2.75, 3.05) is 18.1 Å². The van der Waals surface area contributed by atoms with Gasteiger partial charge >= 0.3 is 0 Å². The Balaban J connectivity index is 0.00000121. The summed E-state index contributed by atoms with van der Waals surface area (Å²) in [5.74, 6) is 2.36. The first-order valence-corrected chi connectivity index (χ1v) is 9.34. The Morgan fingerprint density at radius 2 is 2.18 bits per heavy atom. The molecule has 1 saturated heterocycles. The van der Waals surface area contributed by atoms with Gasteiger partial charge in [-0.25, -0.2) is 4.98 Å². The van der Waals surface area contributed by atoms with E-state index in [1.165, 1.54) is 12.8 Å². The highest BCUT2D eigenvalue weighted by Gasteiger charge is 2.39. The summed E-state index contributed by atoms with van der Waals surface area (Å²) in [7, 11) is 0. The maximum atomic E-state index is 12.4. The number of carbonyl (C=O) groups excluding carboxylic acids is 1. The fourth-order valence-corrected chi connectivity index (χ4v) is 4.93. The molecule has 1 aromatic rings. The molecule has 1 aliphatic carbocycles. The second-order valence-corrected chi connectivity index (χ2v) is 7.65. The zero-order valence-corrected chi connectivity index (χ0v) is 15.6. The van der Waals surface area contributed by atoms with Crippen molar-refractivity contribution in [2.24, 2.45) is 0 Å². The van der Waals surface area contributed by atoms with Crippen LogP contribution in [0.1, 0.15) is 37.1 Å². The lowest BCUT2D eigenvalue weighted by Gasteiger charge is -2.30. The molecule has 8 heteroatoms. The zero-order chi connectivity index (χ0) is 13.8. The van der Waals surface area contributed by atoms with E-state index in [9.17, 15) is 4.79 Å². The van der Waals surface area contributed by atoms with Crippen LogP contribution in [0.15, 0.2) is 11.6 Å². The summed E-state index contributed by atoms with van der Waals surface area (Å²) in [6, 6.07) is 0.323. The van der Waals surface area contributed by atoms with Crippen LogP contribution in [0.25, 0.3) is 0 Å². The van der Waals surface area contributed by atoms with Crippen LogP contribution in [0.3, 0.4) is 0 Å². The minimum Gasteiger partial charge on any atom is -0.344 e. The van der Waals surface area contributed by atoms with Gasteiger partial charge in [-0.2, -0.15) is 11.8 Å². The molecule has 126 valence electrons. The van der Waals surface area contributed by atoms with Crippen LogP contribution in [-0.2, 0) is 10.3 Å². The highest BCUT2D eigenvalue weighted by atomic mass is 35.5. The van der Waals surface area contributed by atoms with Crippen molar-refractivity contribution in [1.29, 1.82) is 0 Å². The lowest BCUT2D eigenvalue weighted by Crippen LogP contribution is -2.47. The van der Waals surface area contributed by atoms with E-state index >= 15 is 0 Å². The molecule has 1 unspecified atom stereocenters. The molecule has 0 spiro atoms. The van der Waals surface area contributed by atoms with Gasteiger partial charge in [0, 0.05) is 42.1 Å². The number of nitrogens with zero attached hydrogens (tertiary/aromatic N) is 1. The summed E-state index contributed by atoms with van der Waals surface area (Å²) in [5.41, 5.74) is -0.187. The fraction of sp³-hybridized carbons (Fsp3) is 0.714. The van der Waals surface area contributed by atoms with Crippen molar-refractivity contribution < 1.29 is 4.79 Å². The molecule has 0 radical (unpaired) electrons. The van der Waals surface area contributed by atoms with Crippen molar-refractivity contribution in [3.8, 4) is 0 Å². The van der Waals surface area contributed by atoms with E-state index < -0.39 is 0 Å². The van der Waals surface area contributed by atoms with Crippen molar-refractivity contribution in [3.63, 3.8) is 0 Å². The Morgan fingerprint density at radius 1 is 1.41 bits per heavy atom. The van der Waals surface area contributed by atoms with E-state index in [1.807, 2.05) is 23.3 Å². The number of aromatic nitrogens is 1. The number of thioether (sulfide) groups is 1. The third-order valence-electron chi connectivity index (χ3n) is 4.11. The average Bonchev–Trinajstić information content (AvgIpc) is 3.10. The normalized spacial score (nSPS) is 23.2. The van der Waals surface area contributed by atoms with Gasteiger partial charge in [0.05, 0.1) is 5.54 Å². The SMILES string of the molecule is Cl.Cl.O=C(CC1CSCCN1)NC1(c2nccs2)CCCC1. The number of hydrogen-bond donors (Lipinski definition) is 2. The van der Waals surface area contributed by atoms with Gasteiger partial charge in [-0.05, 0) is 12.8 Å². The van der Waals surface area contributed by atoms with Gasteiger partial charge in [0.15, 0.2) is 0 Å². The number of carbonyl (C=O) groups is 1. The van der Waals surface area contributed by atoms with Crippen molar-refractivity contribution in [3.05, 3.63) is 16.6 Å². The van der Waals surface area contributed by atoms with Gasteiger partial charge in [0.2, 0.25) is 5.91 Å². The number of halogens is 2. The van der Waals surface area contributed by atoms with E-state index in [0.717, 1.165) is 35.9 Å². The molecule has 2 N–H and O–H groups in total. The maximum Gasteiger partial charge on any atom is 0.222 e. The Morgan fingerprint density at radius 3 is 2.77 bits per heavy atom. The predicted octanol–water partition coefficient (Wildman–Crippen LogP) is 2.97. The Kier molecular flexibility index (Phi) is 8.49. The smallest absolute Gasteiger partial charge is 0.222 e. The first-order chi connectivity index (χ1) is 9.78. The molecule has 2 heterocycles. The quantitative estimate of drug-likeness (QED) is 0.838. The molecule has 3 rings (SSSR count).